The third-order valence-corrected chi connectivity index (χ3v) is 7.42. The fourth-order valence-electron chi connectivity index (χ4n) is 5.67. The maximum absolute atomic E-state index is 12.7. The van der Waals surface area contributed by atoms with Crippen molar-refractivity contribution in [3.05, 3.63) is 0 Å². The summed E-state index contributed by atoms with van der Waals surface area (Å²) in [5, 5.41) is 3.35. The highest BCUT2D eigenvalue weighted by molar-refractivity contribution is 5.85. The lowest BCUT2D eigenvalue weighted by Gasteiger charge is -2.28. The Morgan fingerprint density at radius 2 is 1.77 bits per heavy atom. The lowest BCUT2D eigenvalue weighted by Crippen LogP contribution is -2.49. The number of carbonyl (C=O) groups is 2. The maximum atomic E-state index is 12.7. The number of nitrogens with zero attached hydrogens (tertiary/aromatic N) is 1. The Hall–Kier alpha value is -1.06. The van der Waals surface area contributed by atoms with E-state index in [2.05, 4.69) is 12.2 Å². The molecule has 0 radical (unpaired) electrons. The van der Waals surface area contributed by atoms with Gasteiger partial charge < -0.3 is 10.2 Å². The highest BCUT2D eigenvalue weighted by atomic mass is 16.2. The Bertz CT molecular complexity index is 549. The summed E-state index contributed by atoms with van der Waals surface area (Å²) in [7, 11) is 1.90. The maximum Gasteiger partial charge on any atom is 0.228 e. The summed E-state index contributed by atoms with van der Waals surface area (Å²) in [5.74, 6) is 4.01. The first kappa shape index (κ1) is 13.4. The summed E-state index contributed by atoms with van der Waals surface area (Å²) in [6, 6.07) is 0. The zero-order valence-corrected chi connectivity index (χ0v) is 13.6. The van der Waals surface area contributed by atoms with Crippen LogP contribution in [-0.4, -0.2) is 35.8 Å². The molecule has 3 unspecified atom stereocenters. The molecule has 6 aliphatic rings. The van der Waals surface area contributed by atoms with E-state index in [9.17, 15) is 9.59 Å². The summed E-state index contributed by atoms with van der Waals surface area (Å²) in [5.41, 5.74) is -0.215. The van der Waals surface area contributed by atoms with Crippen molar-refractivity contribution in [2.45, 2.75) is 51.0 Å². The predicted octanol–water partition coefficient (Wildman–Crippen LogP) is 1.80. The van der Waals surface area contributed by atoms with Gasteiger partial charge in [-0.25, -0.2) is 0 Å². The van der Waals surface area contributed by atoms with Crippen molar-refractivity contribution in [3.63, 3.8) is 0 Å². The molecule has 6 rings (SSSR count). The lowest BCUT2D eigenvalue weighted by molar-refractivity contribution is -0.136. The van der Waals surface area contributed by atoms with Crippen LogP contribution in [0.3, 0.4) is 0 Å². The van der Waals surface area contributed by atoms with Crippen LogP contribution in [-0.2, 0) is 9.59 Å². The van der Waals surface area contributed by atoms with Crippen molar-refractivity contribution in [3.8, 4) is 0 Å². The van der Waals surface area contributed by atoms with Gasteiger partial charge in [-0.1, -0.05) is 6.92 Å². The van der Waals surface area contributed by atoms with Gasteiger partial charge in [-0.3, -0.25) is 9.59 Å². The molecule has 3 atom stereocenters. The van der Waals surface area contributed by atoms with Crippen LogP contribution in [0.15, 0.2) is 0 Å². The van der Waals surface area contributed by atoms with Crippen LogP contribution in [0.1, 0.15) is 45.4 Å². The normalized spacial score (nSPS) is 43.6. The summed E-state index contributed by atoms with van der Waals surface area (Å²) >= 11 is 0. The average Bonchev–Trinajstić information content (AvgIpc) is 3.41. The molecular formula is C18H26N2O2. The van der Waals surface area contributed by atoms with Crippen LogP contribution in [0.2, 0.25) is 0 Å². The smallest absolute Gasteiger partial charge is 0.228 e. The molecule has 0 aromatic carbocycles. The zero-order chi connectivity index (χ0) is 15.3. The average molecular weight is 302 g/mol. The number of amides is 2. The molecule has 6 aliphatic carbocycles. The standard InChI is InChI=1S/C18H26N2O2/c1-17(3-4-17)16(22)20(2)9-18(5-6-18)19-15(21)13-10-7-11-12(8-10)14(11)13/h10-14H,3-9H2,1-2H3,(H,19,21). The van der Waals surface area contributed by atoms with Crippen LogP contribution in [0.25, 0.3) is 0 Å². The molecule has 0 heterocycles. The van der Waals surface area contributed by atoms with Crippen LogP contribution in [0.4, 0.5) is 0 Å². The highest BCUT2D eigenvalue weighted by Gasteiger charge is 2.70. The van der Waals surface area contributed by atoms with E-state index in [0.717, 1.165) is 37.5 Å². The van der Waals surface area contributed by atoms with E-state index in [1.807, 2.05) is 11.9 Å². The van der Waals surface area contributed by atoms with E-state index in [4.69, 9.17) is 0 Å². The van der Waals surface area contributed by atoms with Gasteiger partial charge in [0.25, 0.3) is 0 Å². The van der Waals surface area contributed by atoms with Crippen molar-refractivity contribution in [1.82, 2.24) is 10.2 Å². The number of carbonyl (C=O) groups excluding carboxylic acids is 2. The largest absolute Gasteiger partial charge is 0.349 e. The molecule has 0 saturated heterocycles. The van der Waals surface area contributed by atoms with E-state index < -0.39 is 0 Å². The first-order valence-electron chi connectivity index (χ1n) is 9.00. The quantitative estimate of drug-likeness (QED) is 0.842. The van der Waals surface area contributed by atoms with E-state index in [0.29, 0.717) is 30.2 Å². The van der Waals surface area contributed by atoms with Gasteiger partial charge in [0.2, 0.25) is 11.8 Å². The highest BCUT2D eigenvalue weighted by Crippen LogP contribution is 2.73. The van der Waals surface area contributed by atoms with Gasteiger partial charge in [0.1, 0.15) is 0 Å². The minimum Gasteiger partial charge on any atom is -0.349 e. The lowest BCUT2D eigenvalue weighted by atomic mass is 9.96. The van der Waals surface area contributed by atoms with Gasteiger partial charge in [0, 0.05) is 24.9 Å². The fraction of sp³-hybridized carbons (Fsp3) is 0.889. The van der Waals surface area contributed by atoms with Crippen molar-refractivity contribution in [2.75, 3.05) is 13.6 Å². The van der Waals surface area contributed by atoms with E-state index >= 15 is 0 Å². The molecular weight excluding hydrogens is 276 g/mol. The van der Waals surface area contributed by atoms with Crippen LogP contribution in [0, 0.1) is 35.0 Å². The molecule has 1 N–H and O–H groups in total. The van der Waals surface area contributed by atoms with Crippen molar-refractivity contribution < 1.29 is 9.59 Å². The molecule has 0 aromatic rings. The Labute approximate surface area is 132 Å². The number of rotatable bonds is 5. The van der Waals surface area contributed by atoms with Gasteiger partial charge in [-0.2, -0.15) is 0 Å². The summed E-state index contributed by atoms with van der Waals surface area (Å²) in [6.07, 6.45) is 6.70. The van der Waals surface area contributed by atoms with Crippen molar-refractivity contribution in [2.24, 2.45) is 35.0 Å². The molecule has 4 bridgehead atoms. The minimum atomic E-state index is -0.108. The number of hydrogen-bond donors (Lipinski definition) is 1. The first-order chi connectivity index (χ1) is 10.4. The monoisotopic (exact) mass is 302 g/mol. The molecule has 4 nitrogen and oxygen atoms in total. The molecule has 0 aliphatic heterocycles. The number of likely N-dealkylation sites (N-methyl/N-ethyl adjacent to an activating group) is 1. The minimum absolute atomic E-state index is 0.107. The van der Waals surface area contributed by atoms with Gasteiger partial charge in [-0.05, 0) is 62.2 Å². The van der Waals surface area contributed by atoms with Gasteiger partial charge in [0.05, 0.1) is 5.54 Å². The third-order valence-electron chi connectivity index (χ3n) is 7.42. The van der Waals surface area contributed by atoms with Crippen LogP contribution < -0.4 is 5.32 Å². The Morgan fingerprint density at radius 1 is 1.14 bits per heavy atom. The molecule has 4 heteroatoms. The van der Waals surface area contributed by atoms with E-state index in [1.54, 1.807) is 0 Å². The second-order valence-electron chi connectivity index (χ2n) is 9.15. The number of hydrogen-bond acceptors (Lipinski definition) is 2. The van der Waals surface area contributed by atoms with Gasteiger partial charge in [-0.15, -0.1) is 0 Å². The fourth-order valence-corrected chi connectivity index (χ4v) is 5.67. The molecule has 2 amide bonds. The second kappa shape index (κ2) is 3.88. The molecule has 22 heavy (non-hydrogen) atoms. The number of nitrogens with one attached hydrogen (secondary N) is 1. The molecule has 6 saturated carbocycles. The van der Waals surface area contributed by atoms with Crippen molar-refractivity contribution >= 4 is 11.8 Å². The molecule has 6 fully saturated rings. The molecule has 0 aromatic heterocycles. The van der Waals surface area contributed by atoms with Gasteiger partial charge >= 0.3 is 0 Å². The molecule has 0 spiro atoms. The predicted molar refractivity (Wildman–Crippen MR) is 81.8 cm³/mol. The van der Waals surface area contributed by atoms with E-state index in [1.165, 1.54) is 12.8 Å². The summed E-state index contributed by atoms with van der Waals surface area (Å²) in [4.78, 5) is 27.0. The summed E-state index contributed by atoms with van der Waals surface area (Å²) < 4.78 is 0. The van der Waals surface area contributed by atoms with Gasteiger partial charge in [0.15, 0.2) is 0 Å². The first-order valence-corrected chi connectivity index (χ1v) is 9.00. The zero-order valence-electron chi connectivity index (χ0n) is 13.6. The third kappa shape index (κ3) is 1.75. The van der Waals surface area contributed by atoms with Crippen LogP contribution >= 0.6 is 0 Å². The Morgan fingerprint density at radius 3 is 2.23 bits per heavy atom. The summed E-state index contributed by atoms with van der Waals surface area (Å²) in [6.45, 7) is 2.76. The topological polar surface area (TPSA) is 49.4 Å². The van der Waals surface area contributed by atoms with Crippen molar-refractivity contribution in [1.29, 1.82) is 0 Å². The Balaban J connectivity index is 1.22. The SMILES string of the molecule is CN(CC1(NC(=O)C2C3CC4C(C3)C42)CC1)C(=O)C1(C)CC1. The van der Waals surface area contributed by atoms with E-state index in [-0.39, 0.29) is 16.9 Å². The molecule has 120 valence electrons. The Kier molecular flexibility index (Phi) is 2.36. The van der Waals surface area contributed by atoms with Crippen LogP contribution in [0.5, 0.6) is 0 Å². The second-order valence-corrected chi connectivity index (χ2v) is 9.15.